The monoisotopic (exact) mass is 495 g/mol. The predicted molar refractivity (Wildman–Crippen MR) is 133 cm³/mol. The molecule has 2 heterocycles. The number of thioether (sulfide) groups is 1. The minimum atomic E-state index is -0.857. The Balaban J connectivity index is 1.18. The lowest BCUT2D eigenvalue weighted by atomic mass is 10.1. The fourth-order valence-corrected chi connectivity index (χ4v) is 4.77. The minimum Gasteiger partial charge on any atom is -0.490 e. The Bertz CT molecular complexity index is 1120. The molecule has 184 valence electrons. The van der Waals surface area contributed by atoms with E-state index >= 15 is 0 Å². The van der Waals surface area contributed by atoms with E-state index in [-0.39, 0.29) is 18.6 Å². The van der Waals surface area contributed by atoms with E-state index in [1.54, 1.807) is 47.1 Å². The molecule has 0 radical (unpaired) electrons. The van der Waals surface area contributed by atoms with Crippen LogP contribution >= 0.6 is 11.8 Å². The fraction of sp³-hybridized carbons (Fsp3) is 0.346. The number of aryl methyl sites for hydroxylation is 2. The van der Waals surface area contributed by atoms with Gasteiger partial charge in [-0.2, -0.15) is 0 Å². The summed E-state index contributed by atoms with van der Waals surface area (Å²) in [5.41, 5.74) is 1.92. The Morgan fingerprint density at radius 1 is 1.03 bits per heavy atom. The van der Waals surface area contributed by atoms with E-state index in [0.29, 0.717) is 37.4 Å². The lowest BCUT2D eigenvalue weighted by molar-refractivity contribution is -0.136. The van der Waals surface area contributed by atoms with Gasteiger partial charge in [0.05, 0.1) is 6.42 Å². The molecule has 35 heavy (non-hydrogen) atoms. The van der Waals surface area contributed by atoms with E-state index < -0.39 is 5.97 Å². The number of carbonyl (C=O) groups excluding carboxylic acids is 1. The summed E-state index contributed by atoms with van der Waals surface area (Å²) in [7, 11) is 1.98. The van der Waals surface area contributed by atoms with Crippen LogP contribution in [0, 0.1) is 0 Å². The zero-order valence-electron chi connectivity index (χ0n) is 19.6. The van der Waals surface area contributed by atoms with Gasteiger partial charge in [0.1, 0.15) is 17.6 Å². The highest BCUT2D eigenvalue weighted by atomic mass is 32.2. The topological polar surface area (TPSA) is 93.9 Å². The fourth-order valence-electron chi connectivity index (χ4n) is 3.85. The maximum atomic E-state index is 12.6. The summed E-state index contributed by atoms with van der Waals surface area (Å²) >= 11 is 1.71. The molecule has 8 nitrogen and oxygen atoms in total. The zero-order valence-corrected chi connectivity index (χ0v) is 20.4. The van der Waals surface area contributed by atoms with Crippen LogP contribution in [0.5, 0.6) is 11.5 Å². The van der Waals surface area contributed by atoms with Crippen molar-refractivity contribution in [1.82, 2.24) is 14.5 Å². The summed E-state index contributed by atoms with van der Waals surface area (Å²) in [6.45, 7) is 1.12. The third-order valence-electron chi connectivity index (χ3n) is 5.81. The molecule has 0 atom stereocenters. The molecule has 0 unspecified atom stereocenters. The van der Waals surface area contributed by atoms with E-state index in [2.05, 4.69) is 4.98 Å². The van der Waals surface area contributed by atoms with Gasteiger partial charge in [0.2, 0.25) is 0 Å². The third-order valence-corrected chi connectivity index (χ3v) is 6.87. The van der Waals surface area contributed by atoms with Crippen LogP contribution in [0.2, 0.25) is 0 Å². The molecule has 4 rings (SSSR count). The molecule has 1 saturated heterocycles. The standard InChI is InChI=1S/C26H29N3O5S/c1-28-16-13-27-25(28)35-17-12-19-2-6-22(7-3-19)34-26(32)29-14-10-23(11-15-29)33-21-8-4-20(5-9-21)18-24(30)31/h2-9,13,16,23H,10-12,14-15,17-18H2,1H3,(H,30,31). The number of imidazole rings is 1. The Kier molecular flexibility index (Phi) is 8.31. The van der Waals surface area contributed by atoms with Crippen LogP contribution in [0.15, 0.2) is 66.1 Å². The van der Waals surface area contributed by atoms with Crippen LogP contribution in [-0.4, -0.2) is 56.6 Å². The summed E-state index contributed by atoms with van der Waals surface area (Å²) in [5.74, 6) is 1.31. The summed E-state index contributed by atoms with van der Waals surface area (Å²) in [5, 5.41) is 9.86. The van der Waals surface area contributed by atoms with E-state index in [1.807, 2.05) is 42.1 Å². The number of aromatic nitrogens is 2. The molecule has 1 N–H and O–H groups in total. The number of benzene rings is 2. The first-order chi connectivity index (χ1) is 17.0. The number of hydrogen-bond acceptors (Lipinski definition) is 6. The van der Waals surface area contributed by atoms with Gasteiger partial charge in [-0.15, -0.1) is 0 Å². The third kappa shape index (κ3) is 7.26. The number of amides is 1. The lowest BCUT2D eigenvalue weighted by Gasteiger charge is -2.31. The van der Waals surface area contributed by atoms with Crippen LogP contribution in [-0.2, 0) is 24.7 Å². The van der Waals surface area contributed by atoms with Gasteiger partial charge in [0, 0.05) is 51.1 Å². The molecule has 9 heteroatoms. The second kappa shape index (κ2) is 11.8. The highest BCUT2D eigenvalue weighted by Crippen LogP contribution is 2.22. The molecule has 1 amide bonds. The van der Waals surface area contributed by atoms with E-state index in [9.17, 15) is 9.59 Å². The average Bonchev–Trinajstić information content (AvgIpc) is 3.26. The molecule has 2 aromatic carbocycles. The zero-order chi connectivity index (χ0) is 24.6. The largest absolute Gasteiger partial charge is 0.490 e. The van der Waals surface area contributed by atoms with Crippen molar-refractivity contribution < 1.29 is 24.2 Å². The Morgan fingerprint density at radius 3 is 2.31 bits per heavy atom. The number of nitrogens with zero attached hydrogens (tertiary/aromatic N) is 3. The van der Waals surface area contributed by atoms with E-state index in [1.165, 1.54) is 5.56 Å². The van der Waals surface area contributed by atoms with Crippen LogP contribution < -0.4 is 9.47 Å². The molecule has 3 aromatic rings. The molecule has 0 spiro atoms. The average molecular weight is 496 g/mol. The Morgan fingerprint density at radius 2 is 1.69 bits per heavy atom. The number of carboxylic acids is 1. The number of likely N-dealkylation sites (tertiary alicyclic amines) is 1. The van der Waals surface area contributed by atoms with Gasteiger partial charge in [0.25, 0.3) is 0 Å². The molecule has 0 saturated carbocycles. The van der Waals surface area contributed by atoms with Crippen LogP contribution in [0.25, 0.3) is 0 Å². The predicted octanol–water partition coefficient (Wildman–Crippen LogP) is 4.42. The smallest absolute Gasteiger partial charge is 0.415 e. The van der Waals surface area contributed by atoms with Crippen molar-refractivity contribution in [3.63, 3.8) is 0 Å². The maximum absolute atomic E-state index is 12.6. The summed E-state index contributed by atoms with van der Waals surface area (Å²) < 4.78 is 13.6. The van der Waals surface area contributed by atoms with Crippen LogP contribution in [0.3, 0.4) is 0 Å². The quantitative estimate of drug-likeness (QED) is 0.439. The summed E-state index contributed by atoms with van der Waals surface area (Å²) in [6.07, 6.45) is 5.70. The molecular weight excluding hydrogens is 466 g/mol. The first-order valence-electron chi connectivity index (χ1n) is 11.6. The maximum Gasteiger partial charge on any atom is 0.415 e. The van der Waals surface area contributed by atoms with Crippen molar-refractivity contribution in [1.29, 1.82) is 0 Å². The molecule has 1 aliphatic heterocycles. The van der Waals surface area contributed by atoms with Gasteiger partial charge >= 0.3 is 12.1 Å². The van der Waals surface area contributed by atoms with E-state index in [4.69, 9.17) is 14.6 Å². The van der Waals surface area contributed by atoms with Crippen molar-refractivity contribution in [2.45, 2.75) is 36.9 Å². The minimum absolute atomic E-state index is 0.00550. The summed E-state index contributed by atoms with van der Waals surface area (Å²) in [4.78, 5) is 29.4. The number of carboxylic acid groups (broad SMARTS) is 1. The number of ether oxygens (including phenoxy) is 2. The van der Waals surface area contributed by atoms with Gasteiger partial charge < -0.3 is 24.0 Å². The van der Waals surface area contributed by atoms with Crippen LogP contribution in [0.4, 0.5) is 4.79 Å². The van der Waals surface area contributed by atoms with Crippen molar-refractivity contribution in [2.75, 3.05) is 18.8 Å². The molecule has 1 aliphatic rings. The number of carbonyl (C=O) groups is 2. The molecule has 1 aromatic heterocycles. The van der Waals surface area contributed by atoms with E-state index in [0.717, 1.165) is 22.9 Å². The van der Waals surface area contributed by atoms with Crippen molar-refractivity contribution in [2.24, 2.45) is 7.05 Å². The van der Waals surface area contributed by atoms with Crippen LogP contribution in [0.1, 0.15) is 24.0 Å². The normalized spacial score (nSPS) is 14.0. The number of hydrogen-bond donors (Lipinski definition) is 1. The van der Waals surface area contributed by atoms with Crippen molar-refractivity contribution in [3.8, 4) is 11.5 Å². The molecule has 0 bridgehead atoms. The number of aliphatic carboxylic acids is 1. The van der Waals surface area contributed by atoms with Gasteiger partial charge in [-0.05, 0) is 41.8 Å². The van der Waals surface area contributed by atoms with Gasteiger partial charge in [-0.3, -0.25) is 4.79 Å². The van der Waals surface area contributed by atoms with Gasteiger partial charge in [-0.1, -0.05) is 36.0 Å². The SMILES string of the molecule is Cn1ccnc1SCCc1ccc(OC(=O)N2CCC(Oc3ccc(CC(=O)O)cc3)CC2)cc1. The molecule has 0 aliphatic carbocycles. The number of piperidine rings is 1. The summed E-state index contributed by atoms with van der Waals surface area (Å²) in [6, 6.07) is 14.8. The van der Waals surface area contributed by atoms with Gasteiger partial charge in [-0.25, -0.2) is 9.78 Å². The van der Waals surface area contributed by atoms with Gasteiger partial charge in [0.15, 0.2) is 5.16 Å². The lowest BCUT2D eigenvalue weighted by Crippen LogP contribution is -2.43. The first-order valence-corrected chi connectivity index (χ1v) is 12.6. The first kappa shape index (κ1) is 24.7. The second-order valence-corrected chi connectivity index (χ2v) is 9.51. The molecule has 1 fully saturated rings. The highest BCUT2D eigenvalue weighted by Gasteiger charge is 2.25. The number of rotatable bonds is 9. The Labute approximate surface area is 208 Å². The molecular formula is C26H29N3O5S. The highest BCUT2D eigenvalue weighted by molar-refractivity contribution is 7.99. The second-order valence-electron chi connectivity index (χ2n) is 8.45. The van der Waals surface area contributed by atoms with Crippen molar-refractivity contribution >= 4 is 23.8 Å². The Hall–Kier alpha value is -3.46. The van der Waals surface area contributed by atoms with Crippen molar-refractivity contribution in [3.05, 3.63) is 72.1 Å².